The number of hydrogen-bond donors (Lipinski definition) is 1. The lowest BCUT2D eigenvalue weighted by Crippen LogP contribution is -2.37. The smallest absolute Gasteiger partial charge is 0.223 e. The highest BCUT2D eigenvalue weighted by Gasteiger charge is 2.41. The Kier molecular flexibility index (Phi) is 4.18. The lowest BCUT2D eigenvalue weighted by Gasteiger charge is -2.29. The Morgan fingerprint density at radius 2 is 2.26 bits per heavy atom. The molecule has 2 saturated carbocycles. The molecule has 1 aliphatic heterocycles. The number of aliphatic hydroxyl groups excluding tert-OH is 1. The Bertz CT molecular complexity index is 541. The molecule has 4 heteroatoms. The van der Waals surface area contributed by atoms with Crippen LogP contribution in [0.4, 0.5) is 0 Å². The molecule has 1 amide bonds. The summed E-state index contributed by atoms with van der Waals surface area (Å²) in [5.74, 6) is 3.25. The van der Waals surface area contributed by atoms with Crippen molar-refractivity contribution in [1.82, 2.24) is 4.90 Å². The molecule has 0 radical (unpaired) electrons. The quantitative estimate of drug-likeness (QED) is 0.904. The van der Waals surface area contributed by atoms with Crippen molar-refractivity contribution in [3.05, 3.63) is 24.2 Å². The zero-order valence-corrected chi connectivity index (χ0v) is 13.7. The van der Waals surface area contributed by atoms with Gasteiger partial charge in [-0.05, 0) is 62.0 Å². The SMILES string of the molecule is O=C(CC1CC2CCC1C2)N1CCCC1CC(O)c1ccco1. The summed E-state index contributed by atoms with van der Waals surface area (Å²) in [6.45, 7) is 0.856. The van der Waals surface area contributed by atoms with Gasteiger partial charge in [-0.2, -0.15) is 0 Å². The van der Waals surface area contributed by atoms with Crippen LogP contribution in [0.2, 0.25) is 0 Å². The fraction of sp³-hybridized carbons (Fsp3) is 0.737. The second-order valence-electron chi connectivity index (χ2n) is 7.79. The van der Waals surface area contributed by atoms with E-state index in [9.17, 15) is 9.90 Å². The summed E-state index contributed by atoms with van der Waals surface area (Å²) in [4.78, 5) is 14.8. The normalized spacial score (nSPS) is 34.2. The minimum absolute atomic E-state index is 0.168. The molecule has 1 saturated heterocycles. The van der Waals surface area contributed by atoms with Gasteiger partial charge >= 0.3 is 0 Å². The van der Waals surface area contributed by atoms with Crippen molar-refractivity contribution in [3.8, 4) is 0 Å². The van der Waals surface area contributed by atoms with E-state index in [1.54, 1.807) is 18.4 Å². The molecule has 1 aromatic rings. The summed E-state index contributed by atoms with van der Waals surface area (Å²) < 4.78 is 5.29. The van der Waals surface area contributed by atoms with E-state index < -0.39 is 6.10 Å². The summed E-state index contributed by atoms with van der Waals surface area (Å²) in [6.07, 6.45) is 9.71. The molecule has 0 aromatic carbocycles. The summed E-state index contributed by atoms with van der Waals surface area (Å²) in [5.41, 5.74) is 0. The highest BCUT2D eigenvalue weighted by molar-refractivity contribution is 5.77. The van der Waals surface area contributed by atoms with Gasteiger partial charge in [0.1, 0.15) is 11.9 Å². The molecule has 4 nitrogen and oxygen atoms in total. The van der Waals surface area contributed by atoms with Crippen LogP contribution in [0.3, 0.4) is 0 Å². The van der Waals surface area contributed by atoms with Crippen LogP contribution in [0.25, 0.3) is 0 Å². The van der Waals surface area contributed by atoms with E-state index in [4.69, 9.17) is 4.42 Å². The number of amides is 1. The highest BCUT2D eigenvalue weighted by Crippen LogP contribution is 2.49. The zero-order chi connectivity index (χ0) is 15.8. The van der Waals surface area contributed by atoms with Gasteiger partial charge in [0.2, 0.25) is 5.91 Å². The van der Waals surface area contributed by atoms with E-state index in [0.29, 0.717) is 24.0 Å². The lowest BCUT2D eigenvalue weighted by atomic mass is 9.86. The average Bonchev–Trinajstić information content (AvgIpc) is 3.31. The van der Waals surface area contributed by atoms with Crippen LogP contribution in [0.15, 0.2) is 22.8 Å². The molecular weight excluding hydrogens is 290 g/mol. The number of carbonyl (C=O) groups excluding carboxylic acids is 1. The largest absolute Gasteiger partial charge is 0.467 e. The number of nitrogens with zero attached hydrogens (tertiary/aromatic N) is 1. The van der Waals surface area contributed by atoms with E-state index in [2.05, 4.69) is 0 Å². The Morgan fingerprint density at radius 1 is 1.35 bits per heavy atom. The van der Waals surface area contributed by atoms with Crippen LogP contribution < -0.4 is 0 Å². The van der Waals surface area contributed by atoms with Crippen LogP contribution in [0, 0.1) is 17.8 Å². The average molecular weight is 317 g/mol. The van der Waals surface area contributed by atoms with Crippen molar-refractivity contribution >= 4 is 5.91 Å². The zero-order valence-electron chi connectivity index (χ0n) is 13.7. The summed E-state index contributed by atoms with van der Waals surface area (Å²) in [7, 11) is 0. The second-order valence-corrected chi connectivity index (χ2v) is 7.79. The minimum atomic E-state index is -0.606. The number of fused-ring (bicyclic) bond motifs is 2. The van der Waals surface area contributed by atoms with Gasteiger partial charge < -0.3 is 14.4 Å². The molecule has 5 atom stereocenters. The van der Waals surface area contributed by atoms with Gasteiger partial charge in [0.15, 0.2) is 0 Å². The third-order valence-electron chi connectivity index (χ3n) is 6.39. The van der Waals surface area contributed by atoms with Gasteiger partial charge in [0.05, 0.1) is 6.26 Å². The number of hydrogen-bond acceptors (Lipinski definition) is 3. The summed E-state index contributed by atoms with van der Waals surface area (Å²) in [5, 5.41) is 10.3. The van der Waals surface area contributed by atoms with Gasteiger partial charge in [0, 0.05) is 25.4 Å². The number of likely N-dealkylation sites (tertiary alicyclic amines) is 1. The summed E-state index contributed by atoms with van der Waals surface area (Å²) in [6, 6.07) is 3.77. The van der Waals surface area contributed by atoms with E-state index in [1.165, 1.54) is 25.7 Å². The number of aliphatic hydroxyl groups is 1. The number of rotatable bonds is 5. The maximum Gasteiger partial charge on any atom is 0.223 e. The molecule has 126 valence electrons. The molecule has 1 N–H and O–H groups in total. The van der Waals surface area contributed by atoms with E-state index in [-0.39, 0.29) is 6.04 Å². The third kappa shape index (κ3) is 3.06. The van der Waals surface area contributed by atoms with E-state index in [0.717, 1.165) is 37.6 Å². The van der Waals surface area contributed by atoms with Crippen molar-refractivity contribution in [2.24, 2.45) is 17.8 Å². The first-order chi connectivity index (χ1) is 11.2. The molecule has 23 heavy (non-hydrogen) atoms. The maximum atomic E-state index is 12.8. The fourth-order valence-electron chi connectivity index (χ4n) is 5.23. The Labute approximate surface area is 137 Å². The van der Waals surface area contributed by atoms with Crippen LogP contribution in [0.1, 0.15) is 63.2 Å². The second kappa shape index (κ2) is 6.31. The van der Waals surface area contributed by atoms with E-state index >= 15 is 0 Å². The highest BCUT2D eigenvalue weighted by atomic mass is 16.4. The van der Waals surface area contributed by atoms with Crippen LogP contribution >= 0.6 is 0 Å². The molecule has 4 rings (SSSR count). The van der Waals surface area contributed by atoms with Gasteiger partial charge in [-0.1, -0.05) is 6.42 Å². The van der Waals surface area contributed by atoms with Gasteiger partial charge in [-0.15, -0.1) is 0 Å². The van der Waals surface area contributed by atoms with Crippen LogP contribution in [-0.2, 0) is 4.79 Å². The molecule has 2 bridgehead atoms. The standard InChI is InChI=1S/C19H27NO3/c21-17(18-4-2-8-23-18)12-16-3-1-7-20(16)19(22)11-15-10-13-5-6-14(15)9-13/h2,4,8,13-17,21H,1,3,5-7,9-12H2. The molecule has 2 aliphatic carbocycles. The molecule has 3 aliphatic rings. The topological polar surface area (TPSA) is 53.7 Å². The van der Waals surface area contributed by atoms with Gasteiger partial charge in [-0.25, -0.2) is 0 Å². The predicted molar refractivity (Wildman–Crippen MR) is 86.6 cm³/mol. The van der Waals surface area contributed by atoms with Gasteiger partial charge in [0.25, 0.3) is 0 Å². The molecule has 3 fully saturated rings. The first-order valence-electron chi connectivity index (χ1n) is 9.21. The monoisotopic (exact) mass is 317 g/mol. The molecule has 0 spiro atoms. The lowest BCUT2D eigenvalue weighted by molar-refractivity contribution is -0.134. The van der Waals surface area contributed by atoms with Crippen LogP contribution in [-0.4, -0.2) is 28.5 Å². The van der Waals surface area contributed by atoms with E-state index in [1.807, 2.05) is 4.90 Å². The van der Waals surface area contributed by atoms with Crippen molar-refractivity contribution < 1.29 is 14.3 Å². The van der Waals surface area contributed by atoms with Crippen LogP contribution in [0.5, 0.6) is 0 Å². The van der Waals surface area contributed by atoms with Crippen molar-refractivity contribution in [1.29, 1.82) is 0 Å². The first-order valence-corrected chi connectivity index (χ1v) is 9.21. The molecule has 1 aromatic heterocycles. The summed E-state index contributed by atoms with van der Waals surface area (Å²) >= 11 is 0. The minimum Gasteiger partial charge on any atom is -0.467 e. The predicted octanol–water partition coefficient (Wildman–Crippen LogP) is 3.52. The Morgan fingerprint density at radius 3 is 2.96 bits per heavy atom. The molecular formula is C19H27NO3. The Hall–Kier alpha value is -1.29. The van der Waals surface area contributed by atoms with Crippen molar-refractivity contribution in [2.45, 2.75) is 63.5 Å². The molecule has 5 unspecified atom stereocenters. The van der Waals surface area contributed by atoms with Gasteiger partial charge in [-0.3, -0.25) is 4.79 Å². The number of furan rings is 1. The maximum absolute atomic E-state index is 12.8. The molecule has 2 heterocycles. The van der Waals surface area contributed by atoms with Crippen molar-refractivity contribution in [3.63, 3.8) is 0 Å². The Balaban J connectivity index is 1.34. The first kappa shape index (κ1) is 15.3. The van der Waals surface area contributed by atoms with Crippen molar-refractivity contribution in [2.75, 3.05) is 6.54 Å². The fourth-order valence-corrected chi connectivity index (χ4v) is 5.23. The number of carbonyl (C=O) groups is 1. The third-order valence-corrected chi connectivity index (χ3v) is 6.39.